The Bertz CT molecular complexity index is 544. The number of nitrogens with one attached hydrogen (secondary N) is 1. The highest BCUT2D eigenvalue weighted by molar-refractivity contribution is 5.97. The smallest absolute Gasteiger partial charge is 0.227 e. The normalized spacial score (nSPS) is 18.1. The third-order valence-corrected chi connectivity index (χ3v) is 3.81. The van der Waals surface area contributed by atoms with Gasteiger partial charge in [0.15, 0.2) is 0 Å². The van der Waals surface area contributed by atoms with Crippen molar-refractivity contribution in [2.24, 2.45) is 0 Å². The molecule has 0 saturated heterocycles. The number of hydrogen-bond donors (Lipinski definition) is 1. The van der Waals surface area contributed by atoms with Gasteiger partial charge >= 0.3 is 0 Å². The van der Waals surface area contributed by atoms with Crippen molar-refractivity contribution < 1.29 is 14.3 Å². The highest BCUT2D eigenvalue weighted by atomic mass is 16.5. The van der Waals surface area contributed by atoms with Crippen molar-refractivity contribution in [3.63, 3.8) is 0 Å². The highest BCUT2D eigenvalue weighted by Crippen LogP contribution is 2.33. The summed E-state index contributed by atoms with van der Waals surface area (Å²) >= 11 is 0. The molecule has 2 unspecified atom stereocenters. The molecule has 1 N–H and O–H groups in total. The molecular weight excluding hydrogens is 280 g/mol. The van der Waals surface area contributed by atoms with Crippen molar-refractivity contribution in [2.45, 2.75) is 52.2 Å². The van der Waals surface area contributed by atoms with E-state index in [-0.39, 0.29) is 36.8 Å². The van der Waals surface area contributed by atoms with Crippen molar-refractivity contribution in [3.05, 3.63) is 24.3 Å². The third kappa shape index (κ3) is 4.00. The Kier molecular flexibility index (Phi) is 5.41. The van der Waals surface area contributed by atoms with Crippen LogP contribution in [-0.4, -0.2) is 30.5 Å². The molecule has 2 amide bonds. The second kappa shape index (κ2) is 7.29. The average Bonchev–Trinajstić information content (AvgIpc) is 2.51. The molecule has 0 bridgehead atoms. The van der Waals surface area contributed by atoms with Crippen LogP contribution >= 0.6 is 0 Å². The molecule has 1 aromatic rings. The van der Waals surface area contributed by atoms with Gasteiger partial charge in [-0.05, 0) is 32.4 Å². The first-order chi connectivity index (χ1) is 10.5. The van der Waals surface area contributed by atoms with Gasteiger partial charge in [0.2, 0.25) is 11.8 Å². The summed E-state index contributed by atoms with van der Waals surface area (Å²) in [4.78, 5) is 26.0. The van der Waals surface area contributed by atoms with Gasteiger partial charge in [0.25, 0.3) is 0 Å². The highest BCUT2D eigenvalue weighted by Gasteiger charge is 2.27. The molecule has 1 aliphatic heterocycles. The SMILES string of the molecule is CCC(C)NC(=O)CCC(=O)N1CC(C)Oc2ccccc21. The zero-order chi connectivity index (χ0) is 16.1. The van der Waals surface area contributed by atoms with Gasteiger partial charge in [-0.3, -0.25) is 9.59 Å². The molecule has 0 saturated carbocycles. The Morgan fingerprint density at radius 2 is 2.09 bits per heavy atom. The summed E-state index contributed by atoms with van der Waals surface area (Å²) in [6.07, 6.45) is 1.27. The maximum Gasteiger partial charge on any atom is 0.227 e. The first kappa shape index (κ1) is 16.3. The monoisotopic (exact) mass is 304 g/mol. The van der Waals surface area contributed by atoms with E-state index in [1.807, 2.05) is 45.0 Å². The number of rotatable bonds is 5. The molecule has 0 aromatic heterocycles. The van der Waals surface area contributed by atoms with Crippen LogP contribution < -0.4 is 15.0 Å². The number of benzene rings is 1. The Morgan fingerprint density at radius 1 is 1.36 bits per heavy atom. The van der Waals surface area contributed by atoms with Crippen LogP contribution in [0.5, 0.6) is 5.75 Å². The number of carbonyl (C=O) groups excluding carboxylic acids is 2. The zero-order valence-corrected chi connectivity index (χ0v) is 13.5. The minimum absolute atomic E-state index is 0.0399. The van der Waals surface area contributed by atoms with Crippen LogP contribution in [0.2, 0.25) is 0 Å². The van der Waals surface area contributed by atoms with Crippen LogP contribution in [0.3, 0.4) is 0 Å². The summed E-state index contributed by atoms with van der Waals surface area (Å²) in [7, 11) is 0. The number of anilines is 1. The molecule has 5 nitrogen and oxygen atoms in total. The fourth-order valence-corrected chi connectivity index (χ4v) is 2.43. The van der Waals surface area contributed by atoms with Gasteiger partial charge in [-0.25, -0.2) is 0 Å². The Balaban J connectivity index is 1.97. The quantitative estimate of drug-likeness (QED) is 0.909. The van der Waals surface area contributed by atoms with E-state index in [9.17, 15) is 9.59 Å². The lowest BCUT2D eigenvalue weighted by Crippen LogP contribution is -2.42. The topological polar surface area (TPSA) is 58.6 Å². The van der Waals surface area contributed by atoms with Crippen LogP contribution in [-0.2, 0) is 9.59 Å². The first-order valence-electron chi connectivity index (χ1n) is 7.86. The van der Waals surface area contributed by atoms with E-state index in [1.165, 1.54) is 0 Å². The minimum atomic E-state index is -0.0720. The van der Waals surface area contributed by atoms with E-state index in [1.54, 1.807) is 4.90 Å². The maximum atomic E-state index is 12.5. The van der Waals surface area contributed by atoms with Crippen LogP contribution in [0.25, 0.3) is 0 Å². The average molecular weight is 304 g/mol. The number of para-hydroxylation sites is 2. The van der Waals surface area contributed by atoms with Gasteiger partial charge in [0.05, 0.1) is 12.2 Å². The largest absolute Gasteiger partial charge is 0.487 e. The summed E-state index contributed by atoms with van der Waals surface area (Å²) < 4.78 is 5.73. The molecule has 0 fully saturated rings. The number of hydrogen-bond acceptors (Lipinski definition) is 3. The molecule has 22 heavy (non-hydrogen) atoms. The summed E-state index contributed by atoms with van der Waals surface area (Å²) in [5.74, 6) is 0.609. The Morgan fingerprint density at radius 3 is 2.82 bits per heavy atom. The van der Waals surface area contributed by atoms with Crippen LogP contribution in [0.1, 0.15) is 40.0 Å². The van der Waals surface area contributed by atoms with Gasteiger partial charge in [0.1, 0.15) is 11.9 Å². The molecule has 5 heteroatoms. The summed E-state index contributed by atoms with van der Waals surface area (Å²) in [6, 6.07) is 7.65. The molecule has 2 rings (SSSR count). The van der Waals surface area contributed by atoms with Gasteiger partial charge in [0, 0.05) is 18.9 Å². The second-order valence-corrected chi connectivity index (χ2v) is 5.78. The molecule has 2 atom stereocenters. The van der Waals surface area contributed by atoms with Crippen molar-refractivity contribution >= 4 is 17.5 Å². The molecular formula is C17H24N2O3. The minimum Gasteiger partial charge on any atom is -0.487 e. The summed E-state index contributed by atoms with van der Waals surface area (Å²) in [6.45, 7) is 6.43. The van der Waals surface area contributed by atoms with E-state index < -0.39 is 0 Å². The summed E-state index contributed by atoms with van der Waals surface area (Å²) in [5, 5.41) is 2.88. The van der Waals surface area contributed by atoms with Crippen LogP contribution in [0.4, 0.5) is 5.69 Å². The Labute approximate surface area is 131 Å². The molecule has 1 aromatic carbocycles. The number of amides is 2. The first-order valence-corrected chi connectivity index (χ1v) is 7.86. The molecule has 0 spiro atoms. The van der Waals surface area contributed by atoms with Gasteiger partial charge in [-0.15, -0.1) is 0 Å². The lowest BCUT2D eigenvalue weighted by molar-refractivity contribution is -0.125. The number of nitrogens with zero attached hydrogens (tertiary/aromatic N) is 1. The number of ether oxygens (including phenoxy) is 1. The fraction of sp³-hybridized carbons (Fsp3) is 0.529. The predicted molar refractivity (Wildman–Crippen MR) is 86.0 cm³/mol. The number of carbonyl (C=O) groups is 2. The zero-order valence-electron chi connectivity index (χ0n) is 13.5. The molecule has 1 aliphatic rings. The van der Waals surface area contributed by atoms with Crippen molar-refractivity contribution in [2.75, 3.05) is 11.4 Å². The van der Waals surface area contributed by atoms with Crippen molar-refractivity contribution in [1.82, 2.24) is 5.32 Å². The van der Waals surface area contributed by atoms with Crippen LogP contribution in [0, 0.1) is 0 Å². The third-order valence-electron chi connectivity index (χ3n) is 3.81. The van der Waals surface area contributed by atoms with Gasteiger partial charge in [-0.1, -0.05) is 19.1 Å². The molecule has 0 radical (unpaired) electrons. The van der Waals surface area contributed by atoms with Crippen LogP contribution in [0.15, 0.2) is 24.3 Å². The molecule has 120 valence electrons. The molecule has 0 aliphatic carbocycles. The van der Waals surface area contributed by atoms with E-state index in [0.29, 0.717) is 6.54 Å². The summed E-state index contributed by atoms with van der Waals surface area (Å²) in [5.41, 5.74) is 0.785. The predicted octanol–water partition coefficient (Wildman–Crippen LogP) is 2.50. The standard InChI is InChI=1S/C17H24N2O3/c1-4-12(2)18-16(20)9-10-17(21)19-11-13(3)22-15-8-6-5-7-14(15)19/h5-8,12-13H,4,9-11H2,1-3H3,(H,18,20). The maximum absolute atomic E-state index is 12.5. The lowest BCUT2D eigenvalue weighted by Gasteiger charge is -2.33. The second-order valence-electron chi connectivity index (χ2n) is 5.78. The van der Waals surface area contributed by atoms with Crippen molar-refractivity contribution in [1.29, 1.82) is 0 Å². The van der Waals surface area contributed by atoms with E-state index in [0.717, 1.165) is 17.9 Å². The van der Waals surface area contributed by atoms with Gasteiger partial charge < -0.3 is 15.0 Å². The van der Waals surface area contributed by atoms with E-state index in [2.05, 4.69) is 5.32 Å². The van der Waals surface area contributed by atoms with E-state index >= 15 is 0 Å². The number of fused-ring (bicyclic) bond motifs is 1. The van der Waals surface area contributed by atoms with Gasteiger partial charge in [-0.2, -0.15) is 0 Å². The van der Waals surface area contributed by atoms with Crippen molar-refractivity contribution in [3.8, 4) is 5.75 Å². The Hall–Kier alpha value is -2.04. The fourth-order valence-electron chi connectivity index (χ4n) is 2.43. The van der Waals surface area contributed by atoms with E-state index in [4.69, 9.17) is 4.74 Å². The molecule has 1 heterocycles. The lowest BCUT2D eigenvalue weighted by atomic mass is 10.1.